The molecule has 1 aromatic carbocycles. The van der Waals surface area contributed by atoms with Crippen LogP contribution in [-0.4, -0.2) is 19.3 Å². The van der Waals surface area contributed by atoms with E-state index in [1.165, 1.54) is 0 Å². The average Bonchev–Trinajstić information content (AvgIpc) is 2.25. The smallest absolute Gasteiger partial charge is 0.128 e. The van der Waals surface area contributed by atoms with Crippen molar-refractivity contribution >= 4 is 0 Å². The molecule has 0 aliphatic carbocycles. The molecular formula is C13H20O3. The van der Waals surface area contributed by atoms with Crippen LogP contribution < -0.4 is 9.47 Å². The Kier molecular flexibility index (Phi) is 3.81. The average molecular weight is 224 g/mol. The lowest BCUT2D eigenvalue weighted by Crippen LogP contribution is -2.19. The fourth-order valence-corrected chi connectivity index (χ4v) is 1.58. The molecule has 0 aromatic heterocycles. The Morgan fingerprint density at radius 1 is 1.06 bits per heavy atom. The van der Waals surface area contributed by atoms with Crippen molar-refractivity contribution in [1.82, 2.24) is 0 Å². The quantitative estimate of drug-likeness (QED) is 0.858. The molecule has 0 aliphatic rings. The summed E-state index contributed by atoms with van der Waals surface area (Å²) >= 11 is 0. The summed E-state index contributed by atoms with van der Waals surface area (Å²) in [5.74, 6) is 1.31. The zero-order valence-corrected chi connectivity index (χ0v) is 10.6. The number of rotatable bonds is 3. The Balaban J connectivity index is 3.28. The fraction of sp³-hybridized carbons (Fsp3) is 0.538. The van der Waals surface area contributed by atoms with Gasteiger partial charge in [-0.05, 0) is 17.5 Å². The first-order valence-corrected chi connectivity index (χ1v) is 5.30. The van der Waals surface area contributed by atoms with E-state index in [-0.39, 0.29) is 5.41 Å². The topological polar surface area (TPSA) is 38.7 Å². The molecule has 0 fully saturated rings. The molecule has 90 valence electrons. The van der Waals surface area contributed by atoms with Crippen molar-refractivity contribution in [3.05, 3.63) is 23.8 Å². The number of methoxy groups -OCH3 is 2. The Morgan fingerprint density at radius 3 is 1.81 bits per heavy atom. The molecule has 0 amide bonds. The molecule has 1 rings (SSSR count). The van der Waals surface area contributed by atoms with Crippen LogP contribution in [0.4, 0.5) is 0 Å². The number of ether oxygens (including phenoxy) is 2. The van der Waals surface area contributed by atoms with E-state index in [1.807, 2.05) is 39.0 Å². The third-order valence-corrected chi connectivity index (χ3v) is 2.56. The molecule has 0 radical (unpaired) electrons. The van der Waals surface area contributed by atoms with E-state index in [0.717, 1.165) is 0 Å². The lowest BCUT2D eigenvalue weighted by Gasteiger charge is -2.28. The third-order valence-electron chi connectivity index (χ3n) is 2.56. The molecule has 0 saturated heterocycles. The molecule has 1 aromatic rings. The van der Waals surface area contributed by atoms with Crippen molar-refractivity contribution < 1.29 is 14.6 Å². The van der Waals surface area contributed by atoms with Gasteiger partial charge in [0.15, 0.2) is 0 Å². The molecule has 1 unspecified atom stereocenters. The lowest BCUT2D eigenvalue weighted by atomic mass is 9.84. The predicted molar refractivity (Wildman–Crippen MR) is 64.0 cm³/mol. The van der Waals surface area contributed by atoms with E-state index in [1.54, 1.807) is 14.2 Å². The maximum Gasteiger partial charge on any atom is 0.128 e. The van der Waals surface area contributed by atoms with Gasteiger partial charge in [-0.1, -0.05) is 26.8 Å². The third kappa shape index (κ3) is 2.47. The van der Waals surface area contributed by atoms with Crippen molar-refractivity contribution in [2.45, 2.75) is 26.9 Å². The van der Waals surface area contributed by atoms with Crippen molar-refractivity contribution in [2.24, 2.45) is 5.41 Å². The van der Waals surface area contributed by atoms with Gasteiger partial charge in [-0.15, -0.1) is 0 Å². The molecular weight excluding hydrogens is 204 g/mol. The van der Waals surface area contributed by atoms with E-state index in [2.05, 4.69) is 0 Å². The fourth-order valence-electron chi connectivity index (χ4n) is 1.58. The lowest BCUT2D eigenvalue weighted by molar-refractivity contribution is 0.0580. The molecule has 3 nitrogen and oxygen atoms in total. The Labute approximate surface area is 97.0 Å². The molecule has 0 spiro atoms. The van der Waals surface area contributed by atoms with E-state index < -0.39 is 6.10 Å². The van der Waals surface area contributed by atoms with Gasteiger partial charge in [0, 0.05) is 0 Å². The first-order chi connectivity index (χ1) is 7.41. The Hall–Kier alpha value is -1.22. The van der Waals surface area contributed by atoms with Crippen LogP contribution in [0.2, 0.25) is 0 Å². The van der Waals surface area contributed by atoms with Crippen LogP contribution in [0.1, 0.15) is 32.4 Å². The van der Waals surface area contributed by atoms with Crippen molar-refractivity contribution in [3.8, 4) is 11.5 Å². The highest BCUT2D eigenvalue weighted by atomic mass is 16.5. The Morgan fingerprint density at radius 2 is 1.50 bits per heavy atom. The monoisotopic (exact) mass is 224 g/mol. The largest absolute Gasteiger partial charge is 0.496 e. The highest BCUT2D eigenvalue weighted by molar-refractivity contribution is 5.46. The highest BCUT2D eigenvalue weighted by Gasteiger charge is 2.29. The number of aliphatic hydroxyl groups is 1. The first kappa shape index (κ1) is 12.8. The molecule has 3 heteroatoms. The molecule has 16 heavy (non-hydrogen) atoms. The summed E-state index contributed by atoms with van der Waals surface area (Å²) in [6.07, 6.45) is -0.626. The molecule has 0 saturated carbocycles. The van der Waals surface area contributed by atoms with Crippen molar-refractivity contribution in [2.75, 3.05) is 14.2 Å². The zero-order valence-electron chi connectivity index (χ0n) is 10.6. The minimum Gasteiger partial charge on any atom is -0.496 e. The van der Waals surface area contributed by atoms with Crippen LogP contribution >= 0.6 is 0 Å². The second-order valence-electron chi connectivity index (χ2n) is 4.84. The summed E-state index contributed by atoms with van der Waals surface area (Å²) in [6, 6.07) is 5.50. The summed E-state index contributed by atoms with van der Waals surface area (Å²) in [5, 5.41) is 10.3. The summed E-state index contributed by atoms with van der Waals surface area (Å²) in [6.45, 7) is 5.93. The molecule has 0 bridgehead atoms. The highest BCUT2D eigenvalue weighted by Crippen LogP contribution is 2.42. The molecule has 0 heterocycles. The van der Waals surface area contributed by atoms with E-state index in [9.17, 15) is 5.11 Å². The second kappa shape index (κ2) is 4.74. The summed E-state index contributed by atoms with van der Waals surface area (Å²) in [7, 11) is 3.18. The van der Waals surface area contributed by atoms with E-state index in [4.69, 9.17) is 9.47 Å². The SMILES string of the molecule is COc1cccc(OC)c1C(O)C(C)(C)C. The van der Waals surface area contributed by atoms with Crippen LogP contribution in [-0.2, 0) is 0 Å². The maximum atomic E-state index is 10.3. The van der Waals surface area contributed by atoms with Crippen LogP contribution in [0, 0.1) is 5.41 Å². The summed E-state index contributed by atoms with van der Waals surface area (Å²) in [4.78, 5) is 0. The van der Waals surface area contributed by atoms with Crippen LogP contribution in [0.5, 0.6) is 11.5 Å². The van der Waals surface area contributed by atoms with Gasteiger partial charge >= 0.3 is 0 Å². The first-order valence-electron chi connectivity index (χ1n) is 5.30. The number of hydrogen-bond acceptors (Lipinski definition) is 3. The predicted octanol–water partition coefficient (Wildman–Crippen LogP) is 2.78. The Bertz CT molecular complexity index is 330. The van der Waals surface area contributed by atoms with Gasteiger partial charge < -0.3 is 14.6 Å². The number of aliphatic hydroxyl groups excluding tert-OH is 1. The van der Waals surface area contributed by atoms with Gasteiger partial charge in [0.2, 0.25) is 0 Å². The molecule has 1 atom stereocenters. The van der Waals surface area contributed by atoms with Gasteiger partial charge in [0.1, 0.15) is 11.5 Å². The van der Waals surface area contributed by atoms with E-state index >= 15 is 0 Å². The standard InChI is InChI=1S/C13H20O3/c1-13(2,3)12(14)11-9(15-4)7-6-8-10(11)16-5/h6-8,12,14H,1-5H3. The normalized spacial score (nSPS) is 13.4. The van der Waals surface area contributed by atoms with Gasteiger partial charge in [0.05, 0.1) is 25.9 Å². The van der Waals surface area contributed by atoms with Gasteiger partial charge in [0.25, 0.3) is 0 Å². The van der Waals surface area contributed by atoms with Crippen molar-refractivity contribution in [3.63, 3.8) is 0 Å². The van der Waals surface area contributed by atoms with Crippen LogP contribution in [0.25, 0.3) is 0 Å². The molecule has 1 N–H and O–H groups in total. The minimum atomic E-state index is -0.626. The minimum absolute atomic E-state index is 0.262. The maximum absolute atomic E-state index is 10.3. The number of benzene rings is 1. The van der Waals surface area contributed by atoms with Crippen LogP contribution in [0.15, 0.2) is 18.2 Å². The molecule has 0 aliphatic heterocycles. The van der Waals surface area contributed by atoms with Gasteiger partial charge in [-0.25, -0.2) is 0 Å². The van der Waals surface area contributed by atoms with Gasteiger partial charge in [-0.2, -0.15) is 0 Å². The zero-order chi connectivity index (χ0) is 12.3. The van der Waals surface area contributed by atoms with Crippen LogP contribution in [0.3, 0.4) is 0 Å². The number of hydrogen-bond donors (Lipinski definition) is 1. The second-order valence-corrected chi connectivity index (χ2v) is 4.84. The summed E-state index contributed by atoms with van der Waals surface area (Å²) < 4.78 is 10.5. The van der Waals surface area contributed by atoms with Gasteiger partial charge in [-0.3, -0.25) is 0 Å². The summed E-state index contributed by atoms with van der Waals surface area (Å²) in [5.41, 5.74) is 0.446. The van der Waals surface area contributed by atoms with Crippen molar-refractivity contribution in [1.29, 1.82) is 0 Å². The van der Waals surface area contributed by atoms with E-state index in [0.29, 0.717) is 17.1 Å².